The molecule has 5 nitrogen and oxygen atoms in total. The monoisotopic (exact) mass is 304 g/mol. The lowest BCUT2D eigenvalue weighted by Crippen LogP contribution is -2.27. The number of nitrogens with one attached hydrogen (secondary N) is 1. The van der Waals surface area contributed by atoms with Gasteiger partial charge >= 0.3 is 5.97 Å². The van der Waals surface area contributed by atoms with E-state index in [0.29, 0.717) is 12.1 Å². The van der Waals surface area contributed by atoms with E-state index in [9.17, 15) is 9.59 Å². The van der Waals surface area contributed by atoms with Crippen LogP contribution in [0.4, 0.5) is 5.69 Å². The summed E-state index contributed by atoms with van der Waals surface area (Å²) in [7, 11) is 0. The molecule has 0 fully saturated rings. The van der Waals surface area contributed by atoms with Crippen molar-refractivity contribution in [2.75, 3.05) is 5.32 Å². The largest absolute Gasteiger partial charge is 0.481 e. The maximum atomic E-state index is 12.2. The Bertz CT molecular complexity index is 626. The second kappa shape index (κ2) is 7.01. The van der Waals surface area contributed by atoms with Gasteiger partial charge in [-0.2, -0.15) is 0 Å². The van der Waals surface area contributed by atoms with E-state index in [0.717, 1.165) is 10.4 Å². The Morgan fingerprint density at radius 3 is 2.67 bits per heavy atom. The molecular formula is C15H16N2O3S. The van der Waals surface area contributed by atoms with Crippen LogP contribution >= 0.6 is 11.3 Å². The molecule has 1 unspecified atom stereocenters. The highest BCUT2D eigenvalue weighted by atomic mass is 32.1. The predicted octanol–water partition coefficient (Wildman–Crippen LogP) is 2.40. The summed E-state index contributed by atoms with van der Waals surface area (Å²) in [6.07, 6.45) is 0.379. The number of carbonyl (C=O) groups excluding carboxylic acids is 1. The van der Waals surface area contributed by atoms with E-state index < -0.39 is 12.0 Å². The van der Waals surface area contributed by atoms with Gasteiger partial charge in [0.1, 0.15) is 6.04 Å². The average Bonchev–Trinajstić information content (AvgIpc) is 2.99. The summed E-state index contributed by atoms with van der Waals surface area (Å²) in [5, 5.41) is 13.4. The maximum absolute atomic E-state index is 12.2. The van der Waals surface area contributed by atoms with Gasteiger partial charge in [0.25, 0.3) is 0 Å². The van der Waals surface area contributed by atoms with Crippen molar-refractivity contribution >= 4 is 28.9 Å². The highest BCUT2D eigenvalue weighted by molar-refractivity contribution is 7.10. The number of amides is 1. The lowest BCUT2D eigenvalue weighted by molar-refractivity contribution is -0.136. The zero-order chi connectivity index (χ0) is 15.2. The molecule has 1 aromatic carbocycles. The zero-order valence-electron chi connectivity index (χ0n) is 11.3. The van der Waals surface area contributed by atoms with E-state index in [1.807, 2.05) is 23.6 Å². The molecule has 0 aliphatic rings. The van der Waals surface area contributed by atoms with E-state index in [1.165, 1.54) is 11.3 Å². The predicted molar refractivity (Wildman–Crippen MR) is 82.3 cm³/mol. The first-order valence-electron chi connectivity index (χ1n) is 6.47. The highest BCUT2D eigenvalue weighted by Gasteiger charge is 2.17. The minimum absolute atomic E-state index is 0.0177. The molecule has 2 rings (SSSR count). The van der Waals surface area contributed by atoms with Crippen molar-refractivity contribution in [3.63, 3.8) is 0 Å². The summed E-state index contributed by atoms with van der Waals surface area (Å²) in [6, 6.07) is 10.1. The van der Waals surface area contributed by atoms with Crippen molar-refractivity contribution < 1.29 is 14.7 Å². The summed E-state index contributed by atoms with van der Waals surface area (Å²) in [4.78, 5) is 23.6. The van der Waals surface area contributed by atoms with Gasteiger partial charge in [0, 0.05) is 17.0 Å². The number of hydrogen-bond acceptors (Lipinski definition) is 4. The molecule has 1 aromatic heterocycles. The van der Waals surface area contributed by atoms with Crippen LogP contribution in [0.5, 0.6) is 0 Å². The molecule has 0 spiro atoms. The van der Waals surface area contributed by atoms with Gasteiger partial charge < -0.3 is 16.2 Å². The van der Waals surface area contributed by atoms with Gasteiger partial charge in [-0.05, 0) is 29.5 Å². The second-order valence-electron chi connectivity index (χ2n) is 4.53. The Morgan fingerprint density at radius 1 is 1.24 bits per heavy atom. The summed E-state index contributed by atoms with van der Waals surface area (Å²) in [5.74, 6) is -1.17. The summed E-state index contributed by atoms with van der Waals surface area (Å²) in [6.45, 7) is 0. The number of nitrogens with two attached hydrogens (primary N) is 1. The average molecular weight is 304 g/mol. The number of benzene rings is 1. The van der Waals surface area contributed by atoms with E-state index in [2.05, 4.69) is 5.32 Å². The van der Waals surface area contributed by atoms with Crippen molar-refractivity contribution in [3.05, 3.63) is 52.2 Å². The Kier molecular flexibility index (Phi) is 5.08. The molecule has 0 aliphatic carbocycles. The van der Waals surface area contributed by atoms with Gasteiger partial charge in [0.15, 0.2) is 0 Å². The fourth-order valence-corrected chi connectivity index (χ4v) is 2.63. The number of carboxylic acids is 1. The molecule has 21 heavy (non-hydrogen) atoms. The van der Waals surface area contributed by atoms with Crippen LogP contribution in [-0.2, 0) is 16.0 Å². The number of para-hydroxylation sites is 1. The minimum Gasteiger partial charge on any atom is -0.481 e. The summed E-state index contributed by atoms with van der Waals surface area (Å²) < 4.78 is 0. The lowest BCUT2D eigenvalue weighted by Gasteiger charge is -2.13. The highest BCUT2D eigenvalue weighted by Crippen LogP contribution is 2.21. The molecule has 1 heterocycles. The molecule has 0 saturated heterocycles. The van der Waals surface area contributed by atoms with Gasteiger partial charge in [0.05, 0.1) is 0 Å². The third kappa shape index (κ3) is 4.14. The molecule has 4 N–H and O–H groups in total. The van der Waals surface area contributed by atoms with Crippen LogP contribution < -0.4 is 11.1 Å². The lowest BCUT2D eigenvalue weighted by atomic mass is 10.1. The molecular weight excluding hydrogens is 288 g/mol. The molecule has 0 bridgehead atoms. The van der Waals surface area contributed by atoms with Crippen LogP contribution in [0.25, 0.3) is 0 Å². The molecule has 110 valence electrons. The van der Waals surface area contributed by atoms with E-state index in [4.69, 9.17) is 10.8 Å². The normalized spacial score (nSPS) is 11.9. The first kappa shape index (κ1) is 15.2. The van der Waals surface area contributed by atoms with Crippen LogP contribution in [0.15, 0.2) is 41.8 Å². The van der Waals surface area contributed by atoms with Gasteiger partial charge in [-0.1, -0.05) is 24.3 Å². The quantitative estimate of drug-likeness (QED) is 0.764. The van der Waals surface area contributed by atoms with Crippen LogP contribution in [0, 0.1) is 0 Å². The first-order chi connectivity index (χ1) is 10.1. The standard InChI is InChI=1S/C15H16N2O3S/c16-14(12-6-3-9-21-12)15(20)17-11-5-2-1-4-10(11)7-8-13(18)19/h1-6,9,14H,7-8,16H2,(H,17,20)(H,18,19). The minimum atomic E-state index is -0.869. The maximum Gasteiger partial charge on any atom is 0.303 e. The fraction of sp³-hybridized carbons (Fsp3) is 0.200. The zero-order valence-corrected chi connectivity index (χ0v) is 12.1. The number of rotatable bonds is 6. The summed E-state index contributed by atoms with van der Waals surface area (Å²) in [5.41, 5.74) is 7.30. The van der Waals surface area contributed by atoms with Crippen LogP contribution in [0.3, 0.4) is 0 Å². The third-order valence-corrected chi connectivity index (χ3v) is 3.97. The first-order valence-corrected chi connectivity index (χ1v) is 7.35. The second-order valence-corrected chi connectivity index (χ2v) is 5.51. The Balaban J connectivity index is 2.08. The van der Waals surface area contributed by atoms with Gasteiger partial charge in [0.2, 0.25) is 5.91 Å². The summed E-state index contributed by atoms with van der Waals surface area (Å²) >= 11 is 1.42. The smallest absolute Gasteiger partial charge is 0.303 e. The van der Waals surface area contributed by atoms with Gasteiger partial charge in [-0.3, -0.25) is 9.59 Å². The topological polar surface area (TPSA) is 92.4 Å². The number of aryl methyl sites for hydroxylation is 1. The van der Waals surface area contributed by atoms with Gasteiger partial charge in [-0.25, -0.2) is 0 Å². The number of carboxylic acid groups (broad SMARTS) is 1. The SMILES string of the molecule is NC(C(=O)Nc1ccccc1CCC(=O)O)c1cccs1. The Morgan fingerprint density at radius 2 is 2.00 bits per heavy atom. The van der Waals surface area contributed by atoms with Crippen LogP contribution in [0.2, 0.25) is 0 Å². The molecule has 1 atom stereocenters. The Labute approximate surface area is 126 Å². The molecule has 0 radical (unpaired) electrons. The van der Waals surface area contributed by atoms with Crippen molar-refractivity contribution in [1.29, 1.82) is 0 Å². The van der Waals surface area contributed by atoms with Gasteiger partial charge in [-0.15, -0.1) is 11.3 Å². The molecule has 0 saturated carbocycles. The van der Waals surface area contributed by atoms with E-state index in [1.54, 1.807) is 18.2 Å². The van der Waals surface area contributed by atoms with Crippen molar-refractivity contribution in [1.82, 2.24) is 0 Å². The number of anilines is 1. The van der Waals surface area contributed by atoms with E-state index in [-0.39, 0.29) is 12.3 Å². The number of aliphatic carboxylic acids is 1. The van der Waals surface area contributed by atoms with E-state index >= 15 is 0 Å². The van der Waals surface area contributed by atoms with Crippen LogP contribution in [-0.4, -0.2) is 17.0 Å². The molecule has 2 aromatic rings. The fourth-order valence-electron chi connectivity index (χ4n) is 1.91. The molecule has 6 heteroatoms. The van der Waals surface area contributed by atoms with Crippen molar-refractivity contribution in [3.8, 4) is 0 Å². The van der Waals surface area contributed by atoms with Crippen molar-refractivity contribution in [2.24, 2.45) is 5.73 Å². The van der Waals surface area contributed by atoms with Crippen molar-refractivity contribution in [2.45, 2.75) is 18.9 Å². The number of carbonyl (C=O) groups is 2. The van der Waals surface area contributed by atoms with Crippen LogP contribution in [0.1, 0.15) is 22.9 Å². The number of hydrogen-bond donors (Lipinski definition) is 3. The molecule has 0 aliphatic heterocycles. The number of thiophene rings is 1. The Hall–Kier alpha value is -2.18. The molecule has 1 amide bonds. The third-order valence-electron chi connectivity index (χ3n) is 3.02.